The van der Waals surface area contributed by atoms with E-state index < -0.39 is 0 Å². The van der Waals surface area contributed by atoms with Crippen molar-refractivity contribution in [3.8, 4) is 11.8 Å². The summed E-state index contributed by atoms with van der Waals surface area (Å²) in [5.41, 5.74) is 2.15. The lowest BCUT2D eigenvalue weighted by Crippen LogP contribution is -1.92. The zero-order chi connectivity index (χ0) is 14.2. The van der Waals surface area contributed by atoms with Crippen LogP contribution in [0.3, 0.4) is 0 Å². The molecule has 1 radical (unpaired) electrons. The summed E-state index contributed by atoms with van der Waals surface area (Å²) in [6.07, 6.45) is 2.77. The molecular formula is C16H13N2O2. The van der Waals surface area contributed by atoms with Gasteiger partial charge in [-0.15, -0.1) is 0 Å². The molecule has 0 unspecified atom stereocenters. The molecule has 2 aromatic rings. The highest BCUT2D eigenvalue weighted by molar-refractivity contribution is 5.79. The van der Waals surface area contributed by atoms with E-state index in [2.05, 4.69) is 17.4 Å². The summed E-state index contributed by atoms with van der Waals surface area (Å²) in [7, 11) is 1.60. The van der Waals surface area contributed by atoms with E-state index >= 15 is 0 Å². The maximum Gasteiger partial charge on any atom is 0.143 e. The molecule has 0 atom stereocenters. The van der Waals surface area contributed by atoms with Crippen LogP contribution in [0.2, 0.25) is 0 Å². The summed E-state index contributed by atoms with van der Waals surface area (Å²) >= 11 is 0. The Kier molecular flexibility index (Phi) is 4.74. The van der Waals surface area contributed by atoms with Crippen molar-refractivity contribution >= 4 is 6.21 Å². The Labute approximate surface area is 117 Å². The first-order chi connectivity index (χ1) is 9.83. The molecule has 0 aliphatic carbocycles. The molecule has 99 valence electrons. The summed E-state index contributed by atoms with van der Waals surface area (Å²) in [6, 6.07) is 16.7. The number of hydrogen-bond acceptors (Lipinski definition) is 4. The van der Waals surface area contributed by atoms with Crippen molar-refractivity contribution in [3.05, 3.63) is 65.2 Å². The lowest BCUT2D eigenvalue weighted by Gasteiger charge is -2.02. The van der Waals surface area contributed by atoms with E-state index in [4.69, 9.17) is 14.8 Å². The summed E-state index contributed by atoms with van der Waals surface area (Å²) < 4.78 is 5.10. The van der Waals surface area contributed by atoms with E-state index in [0.717, 1.165) is 16.9 Å². The molecule has 2 rings (SSSR count). The van der Waals surface area contributed by atoms with Crippen molar-refractivity contribution in [2.24, 2.45) is 5.16 Å². The van der Waals surface area contributed by atoms with E-state index in [1.807, 2.05) is 36.4 Å². The van der Waals surface area contributed by atoms with Crippen LogP contribution in [0.5, 0.6) is 5.75 Å². The van der Waals surface area contributed by atoms with Gasteiger partial charge in [-0.25, -0.2) is 0 Å². The highest BCUT2D eigenvalue weighted by Gasteiger charge is 2.00. The van der Waals surface area contributed by atoms with Gasteiger partial charge in [0.25, 0.3) is 0 Å². The van der Waals surface area contributed by atoms with Crippen LogP contribution >= 0.6 is 0 Å². The molecule has 0 amide bonds. The number of nitrogens with zero attached hydrogens (tertiary/aromatic N) is 2. The second kappa shape index (κ2) is 6.95. The predicted octanol–water partition coefficient (Wildman–Crippen LogP) is 2.99. The molecule has 4 nitrogen and oxygen atoms in total. The molecule has 0 spiro atoms. The fourth-order valence-corrected chi connectivity index (χ4v) is 1.63. The molecule has 2 aromatic carbocycles. The fourth-order valence-electron chi connectivity index (χ4n) is 1.63. The number of methoxy groups -OCH3 is 1. The first-order valence-corrected chi connectivity index (χ1v) is 6.03. The maximum absolute atomic E-state index is 8.94. The van der Waals surface area contributed by atoms with E-state index in [9.17, 15) is 0 Å². The summed E-state index contributed by atoms with van der Waals surface area (Å²) in [6.45, 7) is 0.237. The van der Waals surface area contributed by atoms with Crippen LogP contribution in [0.4, 0.5) is 0 Å². The van der Waals surface area contributed by atoms with Gasteiger partial charge < -0.3 is 9.57 Å². The van der Waals surface area contributed by atoms with Crippen LogP contribution in [0.1, 0.15) is 16.7 Å². The van der Waals surface area contributed by atoms with Gasteiger partial charge in [-0.3, -0.25) is 0 Å². The molecular weight excluding hydrogens is 252 g/mol. The highest BCUT2D eigenvalue weighted by atomic mass is 16.6. The Hall–Kier alpha value is -2.80. The molecule has 4 heteroatoms. The number of nitriles is 1. The van der Waals surface area contributed by atoms with Crippen LogP contribution in [0.25, 0.3) is 0 Å². The molecule has 0 aliphatic rings. The van der Waals surface area contributed by atoms with E-state index in [1.165, 1.54) is 0 Å². The first-order valence-electron chi connectivity index (χ1n) is 6.03. The van der Waals surface area contributed by atoms with Gasteiger partial charge in [0.05, 0.1) is 18.7 Å². The van der Waals surface area contributed by atoms with Gasteiger partial charge >= 0.3 is 0 Å². The minimum atomic E-state index is 0.237. The van der Waals surface area contributed by atoms with Crippen LogP contribution in [0, 0.1) is 11.3 Å². The van der Waals surface area contributed by atoms with Crippen LogP contribution < -0.4 is 4.74 Å². The average molecular weight is 265 g/mol. The van der Waals surface area contributed by atoms with Crippen LogP contribution in [0.15, 0.2) is 53.7 Å². The third kappa shape index (κ3) is 3.59. The molecule has 0 heterocycles. The second-order valence-corrected chi connectivity index (χ2v) is 3.98. The first kappa shape index (κ1) is 13.6. The molecule has 0 N–H and O–H groups in total. The van der Waals surface area contributed by atoms with Gasteiger partial charge in [0.15, 0.2) is 0 Å². The van der Waals surface area contributed by atoms with Gasteiger partial charge in [0, 0.05) is 11.1 Å². The maximum atomic E-state index is 8.94. The zero-order valence-corrected chi connectivity index (χ0v) is 11.0. The Morgan fingerprint density at radius 1 is 1.15 bits per heavy atom. The Balaban J connectivity index is 1.95. The minimum absolute atomic E-state index is 0.237. The normalized spacial score (nSPS) is 10.2. The topological polar surface area (TPSA) is 54.6 Å². The zero-order valence-electron chi connectivity index (χ0n) is 11.0. The summed E-state index contributed by atoms with van der Waals surface area (Å²) in [5.74, 6) is 0.736. The quantitative estimate of drug-likeness (QED) is 0.617. The van der Waals surface area contributed by atoms with Crippen molar-refractivity contribution in [1.29, 1.82) is 5.26 Å². The lowest BCUT2D eigenvalue weighted by molar-refractivity contribution is 0.132. The monoisotopic (exact) mass is 265 g/mol. The average Bonchev–Trinajstić information content (AvgIpc) is 2.52. The van der Waals surface area contributed by atoms with E-state index in [-0.39, 0.29) is 6.61 Å². The highest BCUT2D eigenvalue weighted by Crippen LogP contribution is 2.11. The molecule has 0 saturated heterocycles. The Bertz CT molecular complexity index is 645. The number of ether oxygens (including phenoxy) is 1. The standard InChI is InChI=1S/C16H13N2O2/c1-19-16-8-4-5-13(9-16)11-18-20-12-15-7-3-2-6-14(15)10-17/h2-9H,12H2,1H3. The molecule has 0 fully saturated rings. The van der Waals surface area contributed by atoms with Crippen molar-refractivity contribution in [3.63, 3.8) is 0 Å². The second-order valence-electron chi connectivity index (χ2n) is 3.98. The molecule has 0 bridgehead atoms. The number of hydrogen-bond donors (Lipinski definition) is 0. The Morgan fingerprint density at radius 3 is 2.80 bits per heavy atom. The van der Waals surface area contributed by atoms with Gasteiger partial charge in [-0.05, 0) is 18.2 Å². The van der Waals surface area contributed by atoms with Crippen molar-refractivity contribution in [1.82, 2.24) is 0 Å². The predicted molar refractivity (Wildman–Crippen MR) is 75.5 cm³/mol. The van der Waals surface area contributed by atoms with Crippen molar-refractivity contribution in [2.75, 3.05) is 7.11 Å². The summed E-state index contributed by atoms with van der Waals surface area (Å²) in [5, 5.41) is 12.7. The number of benzene rings is 2. The lowest BCUT2D eigenvalue weighted by atomic mass is 10.1. The third-order valence-electron chi connectivity index (χ3n) is 2.67. The van der Waals surface area contributed by atoms with Gasteiger partial charge in [-0.2, -0.15) is 5.26 Å². The fraction of sp³-hybridized carbons (Fsp3) is 0.125. The van der Waals surface area contributed by atoms with Crippen LogP contribution in [-0.2, 0) is 11.4 Å². The number of rotatable bonds is 5. The molecule has 0 aromatic heterocycles. The SMILES string of the molecule is COc1cccc(/[C]=N\OCc2ccccc2C#N)c1. The van der Waals surface area contributed by atoms with Gasteiger partial charge in [0.1, 0.15) is 18.6 Å². The molecule has 20 heavy (non-hydrogen) atoms. The molecule has 0 saturated carbocycles. The third-order valence-corrected chi connectivity index (χ3v) is 2.67. The minimum Gasteiger partial charge on any atom is -0.497 e. The van der Waals surface area contributed by atoms with Gasteiger partial charge in [-0.1, -0.05) is 35.5 Å². The van der Waals surface area contributed by atoms with Crippen molar-refractivity contribution < 1.29 is 9.57 Å². The van der Waals surface area contributed by atoms with E-state index in [0.29, 0.717) is 5.56 Å². The smallest absolute Gasteiger partial charge is 0.143 e. The molecule has 0 aliphatic heterocycles. The summed E-state index contributed by atoms with van der Waals surface area (Å²) in [4.78, 5) is 5.16. The van der Waals surface area contributed by atoms with E-state index in [1.54, 1.807) is 19.2 Å². The van der Waals surface area contributed by atoms with Crippen molar-refractivity contribution in [2.45, 2.75) is 6.61 Å². The van der Waals surface area contributed by atoms with Gasteiger partial charge in [0.2, 0.25) is 0 Å². The largest absolute Gasteiger partial charge is 0.497 e. The Morgan fingerprint density at radius 2 is 2.00 bits per heavy atom. The van der Waals surface area contributed by atoms with Crippen LogP contribution in [-0.4, -0.2) is 13.3 Å².